The number of carbonyl (C=O) groups is 2. The number of hydrogen-bond donors (Lipinski definition) is 1. The zero-order chi connectivity index (χ0) is 22.5. The Morgan fingerprint density at radius 2 is 1.84 bits per heavy atom. The van der Waals surface area contributed by atoms with E-state index in [0.717, 1.165) is 46.2 Å². The van der Waals surface area contributed by atoms with Gasteiger partial charge in [-0.25, -0.2) is 0 Å². The van der Waals surface area contributed by atoms with Gasteiger partial charge in [-0.15, -0.1) is 0 Å². The summed E-state index contributed by atoms with van der Waals surface area (Å²) in [5.41, 5.74) is 1.88. The Bertz CT molecular complexity index is 1120. The first-order valence-corrected chi connectivity index (χ1v) is 10.9. The lowest BCUT2D eigenvalue weighted by Crippen LogP contribution is -2.40. The van der Waals surface area contributed by atoms with Gasteiger partial charge < -0.3 is 19.7 Å². The van der Waals surface area contributed by atoms with Gasteiger partial charge in [0.05, 0.1) is 33.2 Å². The standard InChI is InChI=1S/C26H28N2O4/c1-31-20-12-13-24(32-2)22(16-20)23-11-6-14-28(23)26(30)17-27-25(29)15-19-9-5-8-18-7-3-4-10-21(18)19/h3-5,7-10,12-13,16,23H,6,11,14-15,17H2,1-2H3,(H,27,29)/t23-/m1/s1. The van der Waals surface area contributed by atoms with Gasteiger partial charge in [-0.2, -0.15) is 0 Å². The van der Waals surface area contributed by atoms with E-state index in [1.807, 2.05) is 65.6 Å². The van der Waals surface area contributed by atoms with Crippen molar-refractivity contribution in [2.45, 2.75) is 25.3 Å². The van der Waals surface area contributed by atoms with Crippen LogP contribution in [0.3, 0.4) is 0 Å². The van der Waals surface area contributed by atoms with Crippen molar-refractivity contribution in [3.05, 3.63) is 71.8 Å². The van der Waals surface area contributed by atoms with Crippen molar-refractivity contribution < 1.29 is 19.1 Å². The second-order valence-electron chi connectivity index (χ2n) is 7.94. The molecule has 1 atom stereocenters. The summed E-state index contributed by atoms with van der Waals surface area (Å²) in [5, 5.41) is 4.96. The van der Waals surface area contributed by atoms with Gasteiger partial charge in [0.2, 0.25) is 11.8 Å². The summed E-state index contributed by atoms with van der Waals surface area (Å²) in [5.74, 6) is 1.20. The number of fused-ring (bicyclic) bond motifs is 1. The molecule has 1 aliphatic heterocycles. The molecule has 1 saturated heterocycles. The molecule has 32 heavy (non-hydrogen) atoms. The number of nitrogens with one attached hydrogen (secondary N) is 1. The van der Waals surface area contributed by atoms with Gasteiger partial charge in [0.25, 0.3) is 0 Å². The van der Waals surface area contributed by atoms with Crippen LogP contribution in [-0.2, 0) is 16.0 Å². The summed E-state index contributed by atoms with van der Waals surface area (Å²) in [4.78, 5) is 27.4. The number of methoxy groups -OCH3 is 2. The molecule has 6 heteroatoms. The first kappa shape index (κ1) is 21.7. The van der Waals surface area contributed by atoms with Gasteiger partial charge in [-0.3, -0.25) is 9.59 Å². The Balaban J connectivity index is 1.42. The largest absolute Gasteiger partial charge is 0.497 e. The maximum atomic E-state index is 13.0. The van der Waals surface area contributed by atoms with E-state index in [2.05, 4.69) is 5.32 Å². The van der Waals surface area contributed by atoms with Gasteiger partial charge in [0, 0.05) is 12.1 Å². The maximum Gasteiger partial charge on any atom is 0.242 e. The molecule has 2 amide bonds. The highest BCUT2D eigenvalue weighted by molar-refractivity contribution is 5.91. The molecule has 166 valence electrons. The zero-order valence-electron chi connectivity index (χ0n) is 18.5. The van der Waals surface area contributed by atoms with Crippen molar-refractivity contribution in [2.75, 3.05) is 27.3 Å². The van der Waals surface area contributed by atoms with E-state index in [4.69, 9.17) is 9.47 Å². The Labute approximate surface area is 188 Å². The van der Waals surface area contributed by atoms with Crippen LogP contribution in [0.4, 0.5) is 0 Å². The molecule has 1 fully saturated rings. The third-order valence-electron chi connectivity index (χ3n) is 6.04. The zero-order valence-corrected chi connectivity index (χ0v) is 18.5. The Morgan fingerprint density at radius 1 is 1.03 bits per heavy atom. The maximum absolute atomic E-state index is 13.0. The number of carbonyl (C=O) groups excluding carboxylic acids is 2. The number of nitrogens with zero attached hydrogens (tertiary/aromatic N) is 1. The van der Waals surface area contributed by atoms with Gasteiger partial charge in [0.1, 0.15) is 11.5 Å². The average Bonchev–Trinajstić information content (AvgIpc) is 3.32. The highest BCUT2D eigenvalue weighted by Gasteiger charge is 2.32. The summed E-state index contributed by atoms with van der Waals surface area (Å²) in [6.45, 7) is 0.634. The first-order valence-electron chi connectivity index (χ1n) is 10.9. The second-order valence-corrected chi connectivity index (χ2v) is 7.94. The number of hydrogen-bond acceptors (Lipinski definition) is 4. The van der Waals surface area contributed by atoms with Crippen molar-refractivity contribution in [1.82, 2.24) is 10.2 Å². The number of ether oxygens (including phenoxy) is 2. The van der Waals surface area contributed by atoms with Gasteiger partial charge in [0.15, 0.2) is 0 Å². The molecule has 0 aromatic heterocycles. The molecule has 0 bridgehead atoms. The van der Waals surface area contributed by atoms with Crippen LogP contribution in [0.5, 0.6) is 11.5 Å². The number of benzene rings is 3. The smallest absolute Gasteiger partial charge is 0.242 e. The SMILES string of the molecule is COc1ccc(OC)c([C@H]2CCCN2C(=O)CNC(=O)Cc2cccc3ccccc23)c1. The van der Waals surface area contributed by atoms with Crippen LogP contribution in [0.25, 0.3) is 10.8 Å². The van der Waals surface area contributed by atoms with E-state index in [0.29, 0.717) is 6.54 Å². The van der Waals surface area contributed by atoms with Crippen molar-refractivity contribution in [2.24, 2.45) is 0 Å². The van der Waals surface area contributed by atoms with E-state index >= 15 is 0 Å². The molecule has 0 spiro atoms. The summed E-state index contributed by atoms with van der Waals surface area (Å²) >= 11 is 0. The molecule has 3 aromatic carbocycles. The van der Waals surface area contributed by atoms with Crippen molar-refractivity contribution in [1.29, 1.82) is 0 Å². The van der Waals surface area contributed by atoms with Gasteiger partial charge in [-0.05, 0) is 47.4 Å². The van der Waals surface area contributed by atoms with E-state index < -0.39 is 0 Å². The van der Waals surface area contributed by atoms with Crippen LogP contribution in [0.1, 0.15) is 30.0 Å². The summed E-state index contributed by atoms with van der Waals surface area (Å²) in [6.07, 6.45) is 1.99. The highest BCUT2D eigenvalue weighted by atomic mass is 16.5. The van der Waals surface area contributed by atoms with Crippen LogP contribution in [0.15, 0.2) is 60.7 Å². The topological polar surface area (TPSA) is 67.9 Å². The second kappa shape index (κ2) is 9.73. The lowest BCUT2D eigenvalue weighted by molar-refractivity contribution is -0.133. The summed E-state index contributed by atoms with van der Waals surface area (Å²) in [7, 11) is 3.24. The Kier molecular flexibility index (Phi) is 6.59. The molecule has 3 aromatic rings. The minimum absolute atomic E-state index is 0.0214. The molecule has 0 saturated carbocycles. The normalized spacial score (nSPS) is 15.6. The fourth-order valence-corrected chi connectivity index (χ4v) is 4.45. The van der Waals surface area contributed by atoms with E-state index in [9.17, 15) is 9.59 Å². The predicted octanol–water partition coefficient (Wildman–Crippen LogP) is 3.88. The predicted molar refractivity (Wildman–Crippen MR) is 124 cm³/mol. The summed E-state index contributed by atoms with van der Waals surface area (Å²) in [6, 6.07) is 19.5. The molecule has 1 heterocycles. The first-order chi connectivity index (χ1) is 15.6. The highest BCUT2D eigenvalue weighted by Crippen LogP contribution is 2.38. The van der Waals surface area contributed by atoms with E-state index in [-0.39, 0.29) is 30.8 Å². The summed E-state index contributed by atoms with van der Waals surface area (Å²) < 4.78 is 10.9. The molecule has 0 aliphatic carbocycles. The van der Waals surface area contributed by atoms with Crippen LogP contribution in [0.2, 0.25) is 0 Å². The van der Waals surface area contributed by atoms with E-state index in [1.165, 1.54) is 0 Å². The van der Waals surface area contributed by atoms with Gasteiger partial charge >= 0.3 is 0 Å². The number of likely N-dealkylation sites (tertiary alicyclic amines) is 1. The average molecular weight is 433 g/mol. The third kappa shape index (κ3) is 4.54. The molecular formula is C26H28N2O4. The number of amides is 2. The fourth-order valence-electron chi connectivity index (χ4n) is 4.45. The molecular weight excluding hydrogens is 404 g/mol. The molecule has 4 rings (SSSR count). The lowest BCUT2D eigenvalue weighted by atomic mass is 10.0. The van der Waals surface area contributed by atoms with Crippen LogP contribution >= 0.6 is 0 Å². The number of rotatable bonds is 7. The van der Waals surface area contributed by atoms with Crippen molar-refractivity contribution in [3.63, 3.8) is 0 Å². The minimum Gasteiger partial charge on any atom is -0.497 e. The van der Waals surface area contributed by atoms with Crippen LogP contribution < -0.4 is 14.8 Å². The molecule has 1 N–H and O–H groups in total. The van der Waals surface area contributed by atoms with Crippen molar-refractivity contribution >= 4 is 22.6 Å². The molecule has 0 unspecified atom stereocenters. The Hall–Kier alpha value is -3.54. The van der Waals surface area contributed by atoms with Gasteiger partial charge in [-0.1, -0.05) is 42.5 Å². The Morgan fingerprint density at radius 3 is 2.66 bits per heavy atom. The monoisotopic (exact) mass is 432 g/mol. The molecule has 1 aliphatic rings. The van der Waals surface area contributed by atoms with Crippen LogP contribution in [0, 0.1) is 0 Å². The van der Waals surface area contributed by atoms with Crippen molar-refractivity contribution in [3.8, 4) is 11.5 Å². The van der Waals surface area contributed by atoms with Crippen LogP contribution in [-0.4, -0.2) is 44.0 Å². The van der Waals surface area contributed by atoms with E-state index in [1.54, 1.807) is 14.2 Å². The minimum atomic E-state index is -0.163. The quantitative estimate of drug-likeness (QED) is 0.615. The fraction of sp³-hybridized carbons (Fsp3) is 0.308. The third-order valence-corrected chi connectivity index (χ3v) is 6.04. The lowest BCUT2D eigenvalue weighted by Gasteiger charge is -2.27. The molecule has 0 radical (unpaired) electrons. The molecule has 6 nitrogen and oxygen atoms in total.